The van der Waals surface area contributed by atoms with E-state index in [0.717, 1.165) is 22.2 Å². The summed E-state index contributed by atoms with van der Waals surface area (Å²) in [5.41, 5.74) is 11.5. The molecule has 0 fully saturated rings. The van der Waals surface area contributed by atoms with Gasteiger partial charge in [-0.2, -0.15) is 0 Å². The van der Waals surface area contributed by atoms with E-state index in [0.29, 0.717) is 22.0 Å². The lowest BCUT2D eigenvalue weighted by Gasteiger charge is -2.30. The van der Waals surface area contributed by atoms with E-state index in [9.17, 15) is 10.1 Å². The Morgan fingerprint density at radius 1 is 0.946 bits per heavy atom. The second-order valence-corrected chi connectivity index (χ2v) is 12.0. The zero-order valence-corrected chi connectivity index (χ0v) is 22.1. The molecule has 184 valence electrons. The molecule has 0 bridgehead atoms. The fourth-order valence-electron chi connectivity index (χ4n) is 4.60. The molecule has 2 aromatic heterocycles. The van der Waals surface area contributed by atoms with E-state index in [2.05, 4.69) is 65.6 Å². The van der Waals surface area contributed by atoms with Gasteiger partial charge in [-0.15, -0.1) is 23.1 Å². The third kappa shape index (κ3) is 4.82. The lowest BCUT2D eigenvalue weighted by molar-refractivity contribution is -0.384. The minimum Gasteiger partial charge on any atom is -0.383 e. The summed E-state index contributed by atoms with van der Waals surface area (Å²) in [6, 6.07) is 27.8. The van der Waals surface area contributed by atoms with Crippen molar-refractivity contribution in [3.8, 4) is 0 Å². The number of nitro benzene ring substituents is 1. The van der Waals surface area contributed by atoms with Gasteiger partial charge in [-0.3, -0.25) is 10.1 Å². The van der Waals surface area contributed by atoms with E-state index in [1.807, 2.05) is 11.8 Å². The first-order valence-corrected chi connectivity index (χ1v) is 14.5. The number of fused-ring (bicyclic) bond motifs is 3. The molecule has 37 heavy (non-hydrogen) atoms. The van der Waals surface area contributed by atoms with Crippen LogP contribution in [0.2, 0.25) is 0 Å². The molecule has 6 rings (SSSR count). The number of benzene rings is 3. The number of nitrogens with two attached hydrogens (primary N) is 1. The molecular formula is C28H22N4O2S3. The van der Waals surface area contributed by atoms with Crippen LogP contribution in [0.25, 0.3) is 10.2 Å². The summed E-state index contributed by atoms with van der Waals surface area (Å²) in [5.74, 6) is 1.12. The Hall–Kier alpha value is -3.40. The minimum atomic E-state index is -0.392. The summed E-state index contributed by atoms with van der Waals surface area (Å²) in [6.07, 6.45) is 0.885. The van der Waals surface area contributed by atoms with Crippen molar-refractivity contribution in [2.24, 2.45) is 0 Å². The van der Waals surface area contributed by atoms with Gasteiger partial charge >= 0.3 is 0 Å². The van der Waals surface area contributed by atoms with Crippen molar-refractivity contribution in [2.45, 2.75) is 27.8 Å². The van der Waals surface area contributed by atoms with Gasteiger partial charge in [-0.25, -0.2) is 9.97 Å². The van der Waals surface area contributed by atoms with Gasteiger partial charge < -0.3 is 5.73 Å². The number of hydrogen-bond acceptors (Lipinski definition) is 8. The van der Waals surface area contributed by atoms with Crippen molar-refractivity contribution in [1.29, 1.82) is 0 Å². The molecule has 0 saturated carbocycles. The molecule has 0 amide bonds. The quantitative estimate of drug-likeness (QED) is 0.102. The Morgan fingerprint density at radius 3 is 2.30 bits per heavy atom. The Kier molecular flexibility index (Phi) is 6.58. The standard InChI is InChI=1S/C28H22N4O2S3/c29-26-23-21-15-22(18-7-3-1-4-8-18)36-24(19-9-5-2-6-10-19)25(21)37-27(23)31-28(30-26)35-16-17-11-13-20(14-12-17)32(33)34/h1-14,22,24H,15-16H2,(H2,29,30,31)/t22-,24+/m0/s1. The first kappa shape index (κ1) is 24.0. The number of nitrogen functional groups attached to an aromatic ring is 1. The van der Waals surface area contributed by atoms with Crippen molar-refractivity contribution >= 4 is 56.6 Å². The van der Waals surface area contributed by atoms with Gasteiger partial charge in [0.15, 0.2) is 5.16 Å². The van der Waals surface area contributed by atoms with Crippen LogP contribution in [0.3, 0.4) is 0 Å². The Bertz CT molecular complexity index is 1570. The SMILES string of the molecule is Nc1nc(SCc2ccc([N+](=O)[O-])cc2)nc2sc3c(c12)C[C@@H](c1ccccc1)S[C@@H]3c1ccccc1. The second-order valence-electron chi connectivity index (χ2n) is 8.76. The van der Waals surface area contributed by atoms with Gasteiger partial charge in [-0.1, -0.05) is 84.6 Å². The molecule has 0 unspecified atom stereocenters. The normalized spacial score (nSPS) is 17.0. The molecule has 5 aromatic rings. The summed E-state index contributed by atoms with van der Waals surface area (Å²) in [6.45, 7) is 0. The van der Waals surface area contributed by atoms with Gasteiger partial charge in [0, 0.05) is 28.0 Å². The van der Waals surface area contributed by atoms with Gasteiger partial charge in [0.05, 0.1) is 15.6 Å². The summed E-state index contributed by atoms with van der Waals surface area (Å²) < 4.78 is 0. The summed E-state index contributed by atoms with van der Waals surface area (Å²) in [4.78, 5) is 22.3. The Labute approximate surface area is 226 Å². The molecule has 3 aromatic carbocycles. The zero-order chi connectivity index (χ0) is 25.4. The number of nitro groups is 1. The topological polar surface area (TPSA) is 94.9 Å². The first-order chi connectivity index (χ1) is 18.1. The van der Waals surface area contributed by atoms with E-state index in [4.69, 9.17) is 10.7 Å². The van der Waals surface area contributed by atoms with Crippen LogP contribution in [-0.4, -0.2) is 14.9 Å². The molecule has 1 aliphatic rings. The van der Waals surface area contributed by atoms with Crippen LogP contribution >= 0.6 is 34.9 Å². The number of thiophene rings is 1. The average molecular weight is 543 g/mol. The molecule has 2 N–H and O–H groups in total. The molecule has 0 aliphatic carbocycles. The highest BCUT2D eigenvalue weighted by atomic mass is 32.2. The van der Waals surface area contributed by atoms with Crippen LogP contribution in [0.15, 0.2) is 90.1 Å². The fourth-order valence-corrected chi connectivity index (χ4v) is 8.49. The fraction of sp³-hybridized carbons (Fsp3) is 0.143. The lowest BCUT2D eigenvalue weighted by Crippen LogP contribution is -2.12. The van der Waals surface area contributed by atoms with Crippen LogP contribution in [0.5, 0.6) is 0 Å². The third-order valence-corrected chi connectivity index (χ3v) is 10.2. The van der Waals surface area contributed by atoms with Gasteiger partial charge in [0.2, 0.25) is 0 Å². The number of nitrogens with zero attached hydrogens (tertiary/aromatic N) is 3. The number of hydrogen-bond donors (Lipinski definition) is 1. The minimum absolute atomic E-state index is 0.0828. The monoisotopic (exact) mass is 542 g/mol. The largest absolute Gasteiger partial charge is 0.383 e. The zero-order valence-electron chi connectivity index (χ0n) is 19.6. The summed E-state index contributed by atoms with van der Waals surface area (Å²) >= 11 is 5.19. The van der Waals surface area contributed by atoms with Crippen molar-refractivity contribution in [3.63, 3.8) is 0 Å². The van der Waals surface area contributed by atoms with Crippen LogP contribution in [0, 0.1) is 10.1 Å². The Morgan fingerprint density at radius 2 is 1.62 bits per heavy atom. The summed E-state index contributed by atoms with van der Waals surface area (Å²) in [7, 11) is 0. The highest BCUT2D eigenvalue weighted by Crippen LogP contribution is 2.55. The predicted octanol–water partition coefficient (Wildman–Crippen LogP) is 7.59. The van der Waals surface area contributed by atoms with Crippen molar-refractivity contribution in [3.05, 3.63) is 122 Å². The maximum Gasteiger partial charge on any atom is 0.269 e. The average Bonchev–Trinajstić information content (AvgIpc) is 3.31. The first-order valence-electron chi connectivity index (χ1n) is 11.8. The van der Waals surface area contributed by atoms with E-state index in [1.54, 1.807) is 23.5 Å². The maximum absolute atomic E-state index is 10.9. The molecule has 2 atom stereocenters. The van der Waals surface area contributed by atoms with Gasteiger partial charge in [0.25, 0.3) is 5.69 Å². The number of non-ortho nitro benzene ring substituents is 1. The van der Waals surface area contributed by atoms with E-state index in [1.165, 1.54) is 45.5 Å². The second kappa shape index (κ2) is 10.2. The van der Waals surface area contributed by atoms with Crippen molar-refractivity contribution in [2.75, 3.05) is 5.73 Å². The molecule has 9 heteroatoms. The predicted molar refractivity (Wildman–Crippen MR) is 153 cm³/mol. The lowest BCUT2D eigenvalue weighted by atomic mass is 9.98. The van der Waals surface area contributed by atoms with Crippen LogP contribution in [-0.2, 0) is 12.2 Å². The molecular weight excluding hydrogens is 521 g/mol. The highest BCUT2D eigenvalue weighted by Gasteiger charge is 2.34. The highest BCUT2D eigenvalue weighted by molar-refractivity contribution is 8.00. The smallest absolute Gasteiger partial charge is 0.269 e. The molecule has 6 nitrogen and oxygen atoms in total. The molecule has 0 saturated heterocycles. The van der Waals surface area contributed by atoms with Crippen LogP contribution in [0.1, 0.15) is 37.6 Å². The maximum atomic E-state index is 10.9. The van der Waals surface area contributed by atoms with Gasteiger partial charge in [0.1, 0.15) is 10.6 Å². The Balaban J connectivity index is 1.35. The number of rotatable bonds is 6. The van der Waals surface area contributed by atoms with E-state index in [-0.39, 0.29) is 10.9 Å². The number of aromatic nitrogens is 2. The van der Waals surface area contributed by atoms with Crippen LogP contribution < -0.4 is 5.73 Å². The van der Waals surface area contributed by atoms with Crippen molar-refractivity contribution < 1.29 is 4.92 Å². The number of anilines is 1. The molecule has 1 aliphatic heterocycles. The van der Waals surface area contributed by atoms with Crippen LogP contribution in [0.4, 0.5) is 11.5 Å². The number of thioether (sulfide) groups is 2. The molecule has 3 heterocycles. The van der Waals surface area contributed by atoms with E-state index < -0.39 is 4.92 Å². The van der Waals surface area contributed by atoms with Gasteiger partial charge in [-0.05, 0) is 28.7 Å². The summed E-state index contributed by atoms with van der Waals surface area (Å²) in [5, 5.41) is 13.0. The molecule has 0 spiro atoms. The molecule has 0 radical (unpaired) electrons. The van der Waals surface area contributed by atoms with Crippen molar-refractivity contribution in [1.82, 2.24) is 9.97 Å². The van der Waals surface area contributed by atoms with E-state index >= 15 is 0 Å². The third-order valence-electron chi connectivity index (χ3n) is 6.41.